The van der Waals surface area contributed by atoms with Gasteiger partial charge in [0.15, 0.2) is 0 Å². The third-order valence-electron chi connectivity index (χ3n) is 1.48. The summed E-state index contributed by atoms with van der Waals surface area (Å²) < 4.78 is 7.12. The Hall–Kier alpha value is -0.0600. The van der Waals surface area contributed by atoms with Gasteiger partial charge in [0.05, 0.1) is 15.6 Å². The molecule has 0 heterocycles. The highest BCUT2D eigenvalue weighted by Gasteiger charge is 2.06. The maximum absolute atomic E-state index is 8.61. The van der Waals surface area contributed by atoms with Crippen molar-refractivity contribution in [1.29, 1.82) is 0 Å². The fourth-order valence-corrected chi connectivity index (χ4v) is 2.62. The molecule has 0 unspecified atom stereocenters. The van der Waals surface area contributed by atoms with Crippen molar-refractivity contribution in [1.82, 2.24) is 0 Å². The second-order valence-corrected chi connectivity index (χ2v) is 4.34. The molecule has 1 N–H and O–H groups in total. The third-order valence-corrected chi connectivity index (χ3v) is 2.66. The van der Waals surface area contributed by atoms with Gasteiger partial charge in [-0.15, -0.1) is 0 Å². The average molecular weight is 310 g/mol. The minimum atomic E-state index is 0.0206. The maximum Gasteiger partial charge on any atom is 0.147 e. The number of hydrogen-bond acceptors (Lipinski definition) is 2. The molecule has 0 aliphatic heterocycles. The molecule has 4 heteroatoms. The van der Waals surface area contributed by atoms with Crippen LogP contribution in [0.15, 0.2) is 21.1 Å². The van der Waals surface area contributed by atoms with Crippen LogP contribution in [-0.4, -0.2) is 18.3 Å². The first-order valence-corrected chi connectivity index (χ1v) is 5.43. The molecule has 0 aromatic heterocycles. The molecule has 13 heavy (non-hydrogen) atoms. The quantitative estimate of drug-likeness (QED) is 0.930. The number of hydrogen-bond donors (Lipinski definition) is 1. The summed E-state index contributed by atoms with van der Waals surface area (Å²) >= 11 is 6.78. The van der Waals surface area contributed by atoms with Gasteiger partial charge in [-0.2, -0.15) is 0 Å². The molecule has 0 saturated heterocycles. The second kappa shape index (κ2) is 4.98. The summed E-state index contributed by atoms with van der Waals surface area (Å²) in [5.41, 5.74) is 1.15. The SMILES string of the molecule is Cc1cc(Br)c(OCCO)c(Br)c1. The number of rotatable bonds is 3. The molecular formula is C9H10Br2O2. The summed E-state index contributed by atoms with van der Waals surface area (Å²) in [5, 5.41) is 8.61. The summed E-state index contributed by atoms with van der Waals surface area (Å²) in [6.45, 7) is 2.33. The van der Waals surface area contributed by atoms with Crippen LogP contribution in [0, 0.1) is 6.92 Å². The molecule has 0 spiro atoms. The second-order valence-electron chi connectivity index (χ2n) is 2.63. The van der Waals surface area contributed by atoms with E-state index in [2.05, 4.69) is 31.9 Å². The molecule has 0 bridgehead atoms. The van der Waals surface area contributed by atoms with E-state index in [0.29, 0.717) is 6.61 Å². The highest BCUT2D eigenvalue weighted by molar-refractivity contribution is 9.11. The van der Waals surface area contributed by atoms with E-state index in [1.54, 1.807) is 0 Å². The van der Waals surface area contributed by atoms with Crippen molar-refractivity contribution < 1.29 is 9.84 Å². The van der Waals surface area contributed by atoms with E-state index in [0.717, 1.165) is 20.3 Å². The lowest BCUT2D eigenvalue weighted by molar-refractivity contribution is 0.200. The molecule has 1 rings (SSSR count). The van der Waals surface area contributed by atoms with Crippen LogP contribution in [0.4, 0.5) is 0 Å². The van der Waals surface area contributed by atoms with Gasteiger partial charge >= 0.3 is 0 Å². The van der Waals surface area contributed by atoms with Gasteiger partial charge in [-0.1, -0.05) is 0 Å². The normalized spacial score (nSPS) is 10.2. The monoisotopic (exact) mass is 308 g/mol. The Morgan fingerprint density at radius 2 is 1.85 bits per heavy atom. The Labute approximate surface area is 94.2 Å². The van der Waals surface area contributed by atoms with Crippen LogP contribution in [0.25, 0.3) is 0 Å². The fourth-order valence-electron chi connectivity index (χ4n) is 0.972. The van der Waals surface area contributed by atoms with Crippen LogP contribution in [-0.2, 0) is 0 Å². The molecule has 0 aliphatic rings. The van der Waals surface area contributed by atoms with Crippen molar-refractivity contribution in [2.24, 2.45) is 0 Å². The first kappa shape index (κ1) is 11.0. The Morgan fingerprint density at radius 3 is 2.31 bits per heavy atom. The van der Waals surface area contributed by atoms with Crippen LogP contribution >= 0.6 is 31.9 Å². The van der Waals surface area contributed by atoms with Crippen molar-refractivity contribution in [3.05, 3.63) is 26.6 Å². The molecule has 0 fully saturated rings. The van der Waals surface area contributed by atoms with E-state index in [9.17, 15) is 0 Å². The van der Waals surface area contributed by atoms with E-state index in [1.165, 1.54) is 0 Å². The summed E-state index contributed by atoms with van der Waals surface area (Å²) in [4.78, 5) is 0. The molecule has 0 amide bonds. The zero-order valence-electron chi connectivity index (χ0n) is 7.18. The fraction of sp³-hybridized carbons (Fsp3) is 0.333. The van der Waals surface area contributed by atoms with Gasteiger partial charge in [0.1, 0.15) is 12.4 Å². The predicted molar refractivity (Wildman–Crippen MR) is 59.2 cm³/mol. The standard InChI is InChI=1S/C9H10Br2O2/c1-6-4-7(10)9(8(11)5-6)13-3-2-12/h4-5,12H,2-3H2,1H3. The molecule has 0 saturated carbocycles. The molecule has 0 radical (unpaired) electrons. The van der Waals surface area contributed by atoms with Crippen LogP contribution in [0.1, 0.15) is 5.56 Å². The third kappa shape index (κ3) is 2.97. The van der Waals surface area contributed by atoms with Crippen molar-refractivity contribution in [2.75, 3.05) is 13.2 Å². The van der Waals surface area contributed by atoms with Crippen molar-refractivity contribution in [3.63, 3.8) is 0 Å². The summed E-state index contributed by atoms with van der Waals surface area (Å²) in [6, 6.07) is 3.94. The van der Waals surface area contributed by atoms with Gasteiger partial charge in [-0.25, -0.2) is 0 Å². The van der Waals surface area contributed by atoms with Gasteiger partial charge in [0, 0.05) is 0 Å². The van der Waals surface area contributed by atoms with Crippen LogP contribution in [0.5, 0.6) is 5.75 Å². The summed E-state index contributed by atoms with van der Waals surface area (Å²) in [7, 11) is 0. The topological polar surface area (TPSA) is 29.5 Å². The predicted octanol–water partition coefficient (Wildman–Crippen LogP) is 2.89. The van der Waals surface area contributed by atoms with Gasteiger partial charge in [0.25, 0.3) is 0 Å². The number of aliphatic hydroxyl groups is 1. The summed E-state index contributed by atoms with van der Waals surface area (Å²) in [5.74, 6) is 0.736. The first-order chi connectivity index (χ1) is 6.15. The Kier molecular flexibility index (Phi) is 4.22. The Bertz CT molecular complexity index is 277. The van der Waals surface area contributed by atoms with Crippen molar-refractivity contribution in [2.45, 2.75) is 6.92 Å². The minimum Gasteiger partial charge on any atom is -0.489 e. The minimum absolute atomic E-state index is 0.0206. The Morgan fingerprint density at radius 1 is 1.31 bits per heavy atom. The summed E-state index contributed by atoms with van der Waals surface area (Å²) in [6.07, 6.45) is 0. The highest BCUT2D eigenvalue weighted by Crippen LogP contribution is 2.34. The van der Waals surface area contributed by atoms with Gasteiger partial charge in [-0.05, 0) is 56.5 Å². The number of benzene rings is 1. The largest absolute Gasteiger partial charge is 0.489 e. The van der Waals surface area contributed by atoms with Crippen LogP contribution in [0.3, 0.4) is 0 Å². The molecule has 0 aliphatic carbocycles. The smallest absolute Gasteiger partial charge is 0.147 e. The Balaban J connectivity index is 2.92. The van der Waals surface area contributed by atoms with Crippen molar-refractivity contribution >= 4 is 31.9 Å². The highest BCUT2D eigenvalue weighted by atomic mass is 79.9. The lowest BCUT2D eigenvalue weighted by Crippen LogP contribution is -2.02. The number of ether oxygens (including phenoxy) is 1. The lowest BCUT2D eigenvalue weighted by atomic mass is 10.2. The molecule has 72 valence electrons. The average Bonchev–Trinajstić information content (AvgIpc) is 2.02. The van der Waals surface area contributed by atoms with Crippen molar-refractivity contribution in [3.8, 4) is 5.75 Å². The first-order valence-electron chi connectivity index (χ1n) is 3.84. The number of halogens is 2. The van der Waals surface area contributed by atoms with E-state index in [1.807, 2.05) is 19.1 Å². The van der Waals surface area contributed by atoms with E-state index >= 15 is 0 Å². The molecule has 1 aromatic rings. The molecule has 1 aromatic carbocycles. The maximum atomic E-state index is 8.61. The van der Waals surface area contributed by atoms with Gasteiger partial charge in [0.2, 0.25) is 0 Å². The van der Waals surface area contributed by atoms with Crippen LogP contribution < -0.4 is 4.74 Å². The van der Waals surface area contributed by atoms with E-state index in [4.69, 9.17) is 9.84 Å². The van der Waals surface area contributed by atoms with Gasteiger partial charge in [-0.3, -0.25) is 0 Å². The zero-order chi connectivity index (χ0) is 9.84. The zero-order valence-corrected chi connectivity index (χ0v) is 10.4. The number of aryl methyl sites for hydroxylation is 1. The van der Waals surface area contributed by atoms with Crippen LogP contribution in [0.2, 0.25) is 0 Å². The molecule has 2 nitrogen and oxygen atoms in total. The van der Waals surface area contributed by atoms with Gasteiger partial charge < -0.3 is 9.84 Å². The lowest BCUT2D eigenvalue weighted by Gasteiger charge is -2.09. The number of aliphatic hydroxyl groups excluding tert-OH is 1. The van der Waals surface area contributed by atoms with E-state index < -0.39 is 0 Å². The molecule has 0 atom stereocenters. The molecular weight excluding hydrogens is 300 g/mol. The van der Waals surface area contributed by atoms with E-state index in [-0.39, 0.29) is 6.61 Å².